The highest BCUT2D eigenvalue weighted by Gasteiger charge is 2.24. The number of esters is 1. The number of carbonyl (C=O) groups excluding carboxylic acids is 1. The Kier molecular flexibility index (Phi) is 4.66. The summed E-state index contributed by atoms with van der Waals surface area (Å²) >= 11 is 3.39. The minimum absolute atomic E-state index is 0.234. The molecular formula is C18H14BrNO4. The molecule has 0 bridgehead atoms. The summed E-state index contributed by atoms with van der Waals surface area (Å²) in [5.41, 5.74) is 1.73. The fraction of sp³-hybridized carbons (Fsp3) is 0.111. The molecule has 122 valence electrons. The van der Waals surface area contributed by atoms with Crippen LogP contribution < -0.4 is 9.47 Å². The van der Waals surface area contributed by atoms with Crippen molar-refractivity contribution >= 4 is 33.9 Å². The van der Waals surface area contributed by atoms with Crippen LogP contribution in [0.25, 0.3) is 6.08 Å². The molecule has 0 unspecified atom stereocenters. The zero-order valence-electron chi connectivity index (χ0n) is 13.1. The van der Waals surface area contributed by atoms with E-state index in [4.69, 9.17) is 14.2 Å². The second-order valence-electron chi connectivity index (χ2n) is 4.96. The van der Waals surface area contributed by atoms with Crippen molar-refractivity contribution in [2.75, 3.05) is 14.2 Å². The number of ether oxygens (including phenoxy) is 3. The van der Waals surface area contributed by atoms with E-state index in [2.05, 4.69) is 20.9 Å². The molecule has 0 saturated heterocycles. The third kappa shape index (κ3) is 3.33. The topological polar surface area (TPSA) is 57.1 Å². The summed E-state index contributed by atoms with van der Waals surface area (Å²) in [6, 6.07) is 12.8. The molecular weight excluding hydrogens is 374 g/mol. The molecule has 1 aliphatic heterocycles. The van der Waals surface area contributed by atoms with E-state index in [0.717, 1.165) is 15.6 Å². The third-order valence-corrected chi connectivity index (χ3v) is 3.90. The molecule has 0 fully saturated rings. The maximum atomic E-state index is 12.1. The summed E-state index contributed by atoms with van der Waals surface area (Å²) in [6.45, 7) is 0. The van der Waals surface area contributed by atoms with Gasteiger partial charge in [0.05, 0.1) is 14.2 Å². The number of halogens is 1. The molecule has 0 spiro atoms. The highest BCUT2D eigenvalue weighted by Crippen LogP contribution is 2.29. The highest BCUT2D eigenvalue weighted by atomic mass is 79.9. The summed E-state index contributed by atoms with van der Waals surface area (Å²) in [5, 5.41) is 0. The number of aliphatic imine (C=N–C) groups is 1. The Morgan fingerprint density at radius 2 is 1.88 bits per heavy atom. The van der Waals surface area contributed by atoms with Gasteiger partial charge in [0.2, 0.25) is 5.90 Å². The van der Waals surface area contributed by atoms with E-state index >= 15 is 0 Å². The largest absolute Gasteiger partial charge is 0.493 e. The van der Waals surface area contributed by atoms with Crippen molar-refractivity contribution < 1.29 is 19.0 Å². The Morgan fingerprint density at radius 1 is 1.08 bits per heavy atom. The fourth-order valence-electron chi connectivity index (χ4n) is 2.25. The normalized spacial score (nSPS) is 15.2. The van der Waals surface area contributed by atoms with Crippen LogP contribution in [-0.4, -0.2) is 26.1 Å². The van der Waals surface area contributed by atoms with Crippen molar-refractivity contribution in [1.29, 1.82) is 0 Å². The van der Waals surface area contributed by atoms with Crippen LogP contribution in [0.5, 0.6) is 11.5 Å². The Bertz CT molecular complexity index is 858. The molecule has 5 nitrogen and oxygen atoms in total. The van der Waals surface area contributed by atoms with Crippen molar-refractivity contribution in [3.05, 3.63) is 63.8 Å². The fourth-order valence-corrected chi connectivity index (χ4v) is 2.65. The van der Waals surface area contributed by atoms with Gasteiger partial charge in [0.15, 0.2) is 17.2 Å². The van der Waals surface area contributed by atoms with Crippen molar-refractivity contribution in [3.63, 3.8) is 0 Å². The summed E-state index contributed by atoms with van der Waals surface area (Å²) in [5.74, 6) is 0.995. The van der Waals surface area contributed by atoms with Gasteiger partial charge >= 0.3 is 5.97 Å². The first-order valence-electron chi connectivity index (χ1n) is 7.11. The van der Waals surface area contributed by atoms with Crippen molar-refractivity contribution in [2.45, 2.75) is 0 Å². The molecule has 0 aliphatic carbocycles. The van der Waals surface area contributed by atoms with Crippen LogP contribution in [0.2, 0.25) is 0 Å². The van der Waals surface area contributed by atoms with E-state index in [1.807, 2.05) is 30.3 Å². The quantitative estimate of drug-likeness (QED) is 0.591. The first-order valence-corrected chi connectivity index (χ1v) is 7.90. The molecule has 1 heterocycles. The van der Waals surface area contributed by atoms with Gasteiger partial charge in [-0.25, -0.2) is 9.79 Å². The number of hydrogen-bond donors (Lipinski definition) is 0. The van der Waals surface area contributed by atoms with Crippen molar-refractivity contribution in [1.82, 2.24) is 0 Å². The number of methoxy groups -OCH3 is 2. The number of hydrogen-bond acceptors (Lipinski definition) is 5. The van der Waals surface area contributed by atoms with Gasteiger partial charge in [0.25, 0.3) is 0 Å². The molecule has 1 aliphatic rings. The number of carbonyl (C=O) groups is 1. The Balaban J connectivity index is 1.94. The number of cyclic esters (lactones) is 1. The predicted molar refractivity (Wildman–Crippen MR) is 94.3 cm³/mol. The minimum Gasteiger partial charge on any atom is -0.493 e. The van der Waals surface area contributed by atoms with E-state index in [0.29, 0.717) is 11.5 Å². The van der Waals surface area contributed by atoms with Gasteiger partial charge < -0.3 is 14.2 Å². The summed E-state index contributed by atoms with van der Waals surface area (Å²) in [6.07, 6.45) is 1.65. The minimum atomic E-state index is -0.486. The van der Waals surface area contributed by atoms with Crippen LogP contribution in [0.15, 0.2) is 57.6 Å². The summed E-state index contributed by atoms with van der Waals surface area (Å²) in [7, 11) is 3.13. The van der Waals surface area contributed by atoms with Gasteiger partial charge in [-0.1, -0.05) is 28.1 Å². The van der Waals surface area contributed by atoms with Gasteiger partial charge in [-0.15, -0.1) is 0 Å². The Hall–Kier alpha value is -2.60. The second kappa shape index (κ2) is 6.88. The maximum Gasteiger partial charge on any atom is 0.363 e. The molecule has 0 radical (unpaired) electrons. The summed E-state index contributed by atoms with van der Waals surface area (Å²) < 4.78 is 16.6. The zero-order valence-corrected chi connectivity index (χ0v) is 14.7. The smallest absolute Gasteiger partial charge is 0.363 e. The predicted octanol–water partition coefficient (Wildman–Crippen LogP) is 3.81. The number of benzene rings is 2. The van der Waals surface area contributed by atoms with E-state index in [9.17, 15) is 4.79 Å². The monoisotopic (exact) mass is 387 g/mol. The van der Waals surface area contributed by atoms with Crippen LogP contribution in [0, 0.1) is 0 Å². The molecule has 0 amide bonds. The molecule has 2 aromatic rings. The lowest BCUT2D eigenvalue weighted by Crippen LogP contribution is -2.05. The molecule has 0 aromatic heterocycles. The summed E-state index contributed by atoms with van der Waals surface area (Å²) in [4.78, 5) is 16.3. The SMILES string of the molecule is COc1ccc(/C=C2/N=C(c3cccc(Br)c3)OC2=O)cc1OC. The maximum absolute atomic E-state index is 12.1. The molecule has 3 rings (SSSR count). The number of nitrogens with zero attached hydrogens (tertiary/aromatic N) is 1. The molecule has 0 atom stereocenters. The van der Waals surface area contributed by atoms with Crippen molar-refractivity contribution in [2.24, 2.45) is 4.99 Å². The van der Waals surface area contributed by atoms with Gasteiger partial charge in [-0.2, -0.15) is 0 Å². The molecule has 6 heteroatoms. The zero-order chi connectivity index (χ0) is 17.1. The van der Waals surface area contributed by atoms with Crippen LogP contribution in [0.3, 0.4) is 0 Å². The van der Waals surface area contributed by atoms with Crippen LogP contribution in [-0.2, 0) is 9.53 Å². The average Bonchev–Trinajstić information content (AvgIpc) is 2.95. The second-order valence-corrected chi connectivity index (χ2v) is 5.88. The molecule has 0 N–H and O–H groups in total. The highest BCUT2D eigenvalue weighted by molar-refractivity contribution is 9.10. The molecule has 0 saturated carbocycles. The first-order chi connectivity index (χ1) is 11.6. The van der Waals surface area contributed by atoms with Crippen molar-refractivity contribution in [3.8, 4) is 11.5 Å². The van der Waals surface area contributed by atoms with Crippen LogP contribution in [0.4, 0.5) is 0 Å². The number of rotatable bonds is 4. The Morgan fingerprint density at radius 3 is 2.58 bits per heavy atom. The molecule has 24 heavy (non-hydrogen) atoms. The third-order valence-electron chi connectivity index (χ3n) is 3.40. The van der Waals surface area contributed by atoms with E-state index in [-0.39, 0.29) is 11.6 Å². The Labute approximate surface area is 147 Å². The van der Waals surface area contributed by atoms with E-state index < -0.39 is 5.97 Å². The lowest BCUT2D eigenvalue weighted by molar-refractivity contribution is -0.129. The van der Waals surface area contributed by atoms with Crippen LogP contribution in [0.1, 0.15) is 11.1 Å². The van der Waals surface area contributed by atoms with Gasteiger partial charge in [-0.05, 0) is 42.0 Å². The van der Waals surface area contributed by atoms with Crippen LogP contribution >= 0.6 is 15.9 Å². The first kappa shape index (κ1) is 16.3. The average molecular weight is 388 g/mol. The van der Waals surface area contributed by atoms with Gasteiger partial charge in [0.1, 0.15) is 0 Å². The standard InChI is InChI=1S/C18H14BrNO4/c1-22-15-7-6-11(9-16(15)23-2)8-14-18(21)24-17(20-14)12-4-3-5-13(19)10-12/h3-10H,1-2H3/b14-8+. The van der Waals surface area contributed by atoms with Gasteiger partial charge in [0, 0.05) is 10.0 Å². The lowest BCUT2D eigenvalue weighted by Gasteiger charge is -2.07. The van der Waals surface area contributed by atoms with Gasteiger partial charge in [-0.3, -0.25) is 0 Å². The lowest BCUT2D eigenvalue weighted by atomic mass is 10.1. The molecule has 2 aromatic carbocycles. The van der Waals surface area contributed by atoms with E-state index in [1.54, 1.807) is 32.4 Å². The van der Waals surface area contributed by atoms with E-state index in [1.165, 1.54) is 0 Å².